The van der Waals surface area contributed by atoms with Crippen molar-refractivity contribution in [3.63, 3.8) is 0 Å². The molecular weight excluding hydrogens is 264 g/mol. The molecule has 0 aromatic rings. The van der Waals surface area contributed by atoms with Crippen molar-refractivity contribution in [3.05, 3.63) is 0 Å². The van der Waals surface area contributed by atoms with Gasteiger partial charge in [-0.1, -0.05) is 19.8 Å². The molecule has 0 bridgehead atoms. The van der Waals surface area contributed by atoms with Crippen LogP contribution in [0.5, 0.6) is 0 Å². The Kier molecular flexibility index (Phi) is 7.50. The van der Waals surface area contributed by atoms with Crippen LogP contribution in [0.3, 0.4) is 0 Å². The predicted molar refractivity (Wildman–Crippen MR) is 87.6 cm³/mol. The maximum absolute atomic E-state index is 12.1. The molecule has 1 rings (SSSR count). The Hall–Kier alpha value is -0.770. The van der Waals surface area contributed by atoms with Gasteiger partial charge in [0.05, 0.1) is 0 Å². The molecule has 1 amide bonds. The molecule has 1 aliphatic carbocycles. The van der Waals surface area contributed by atoms with Crippen LogP contribution in [0.2, 0.25) is 0 Å². The maximum atomic E-state index is 12.1. The van der Waals surface area contributed by atoms with Gasteiger partial charge in [-0.3, -0.25) is 0 Å². The van der Waals surface area contributed by atoms with Gasteiger partial charge in [0.2, 0.25) is 0 Å². The molecule has 4 heteroatoms. The Morgan fingerprint density at radius 2 is 1.81 bits per heavy atom. The number of rotatable bonds is 6. The number of nitrogens with zero attached hydrogens (tertiary/aromatic N) is 1. The van der Waals surface area contributed by atoms with E-state index in [0.29, 0.717) is 12.1 Å². The van der Waals surface area contributed by atoms with Gasteiger partial charge in [-0.2, -0.15) is 0 Å². The third-order valence-electron chi connectivity index (χ3n) is 4.14. The number of amides is 1. The van der Waals surface area contributed by atoms with Crippen molar-refractivity contribution in [3.8, 4) is 0 Å². The highest BCUT2D eigenvalue weighted by atomic mass is 16.6. The summed E-state index contributed by atoms with van der Waals surface area (Å²) in [5.74, 6) is 0. The maximum Gasteiger partial charge on any atom is 0.410 e. The van der Waals surface area contributed by atoms with E-state index < -0.39 is 5.60 Å². The van der Waals surface area contributed by atoms with Crippen LogP contribution in [0.15, 0.2) is 0 Å². The number of unbranched alkanes of at least 4 members (excludes halogenated alkanes) is 2. The van der Waals surface area contributed by atoms with Crippen molar-refractivity contribution in [2.24, 2.45) is 0 Å². The summed E-state index contributed by atoms with van der Waals surface area (Å²) in [6.45, 7) is 9.10. The van der Waals surface area contributed by atoms with E-state index in [4.69, 9.17) is 4.74 Å². The average Bonchev–Trinajstić information content (AvgIpc) is 2.41. The molecule has 0 heterocycles. The fourth-order valence-electron chi connectivity index (χ4n) is 2.83. The van der Waals surface area contributed by atoms with Gasteiger partial charge >= 0.3 is 6.09 Å². The van der Waals surface area contributed by atoms with Crippen molar-refractivity contribution < 1.29 is 9.53 Å². The molecule has 0 aromatic carbocycles. The van der Waals surface area contributed by atoms with E-state index >= 15 is 0 Å². The van der Waals surface area contributed by atoms with Crippen LogP contribution in [0.25, 0.3) is 0 Å². The zero-order valence-corrected chi connectivity index (χ0v) is 14.6. The fraction of sp³-hybridized carbons (Fsp3) is 0.941. The van der Waals surface area contributed by atoms with Crippen LogP contribution in [-0.4, -0.2) is 42.3 Å². The zero-order valence-electron chi connectivity index (χ0n) is 14.6. The Labute approximate surface area is 130 Å². The van der Waals surface area contributed by atoms with Crippen molar-refractivity contribution >= 4 is 6.09 Å². The van der Waals surface area contributed by atoms with Crippen LogP contribution in [0.1, 0.15) is 72.6 Å². The van der Waals surface area contributed by atoms with Crippen LogP contribution in [0.4, 0.5) is 4.79 Å². The Morgan fingerprint density at radius 1 is 1.19 bits per heavy atom. The third kappa shape index (κ3) is 7.16. The molecule has 0 aliphatic heterocycles. The lowest BCUT2D eigenvalue weighted by Gasteiger charge is -2.35. The minimum absolute atomic E-state index is 0.193. The normalized spacial score (nSPS) is 22.9. The molecule has 1 fully saturated rings. The second-order valence-electron chi connectivity index (χ2n) is 7.26. The number of hydrogen-bond acceptors (Lipinski definition) is 3. The molecule has 1 saturated carbocycles. The number of hydrogen-bond donors (Lipinski definition) is 1. The smallest absolute Gasteiger partial charge is 0.410 e. The average molecular weight is 298 g/mol. The molecule has 124 valence electrons. The van der Waals surface area contributed by atoms with Gasteiger partial charge in [0.1, 0.15) is 5.60 Å². The predicted octanol–water partition coefficient (Wildman–Crippen LogP) is 3.94. The summed E-state index contributed by atoms with van der Waals surface area (Å²) in [5.41, 5.74) is -0.413. The second-order valence-corrected chi connectivity index (χ2v) is 7.26. The third-order valence-corrected chi connectivity index (χ3v) is 4.14. The summed E-state index contributed by atoms with van der Waals surface area (Å²) in [7, 11) is 1.87. The Bertz CT molecular complexity index is 304. The summed E-state index contributed by atoms with van der Waals surface area (Å²) in [6, 6.07) is 0.957. The van der Waals surface area contributed by atoms with E-state index in [0.717, 1.165) is 32.2 Å². The van der Waals surface area contributed by atoms with E-state index in [9.17, 15) is 4.79 Å². The van der Waals surface area contributed by atoms with Crippen molar-refractivity contribution in [2.45, 2.75) is 90.3 Å². The van der Waals surface area contributed by atoms with Gasteiger partial charge in [-0.05, 0) is 59.4 Å². The van der Waals surface area contributed by atoms with Gasteiger partial charge in [-0.25, -0.2) is 4.79 Å². The van der Waals surface area contributed by atoms with E-state index in [1.54, 1.807) is 4.90 Å². The van der Waals surface area contributed by atoms with E-state index in [1.165, 1.54) is 19.3 Å². The molecular formula is C17H34N2O2. The van der Waals surface area contributed by atoms with Gasteiger partial charge in [0.25, 0.3) is 0 Å². The largest absolute Gasteiger partial charge is 0.444 e. The molecule has 0 atom stereocenters. The highest BCUT2D eigenvalue weighted by Gasteiger charge is 2.28. The van der Waals surface area contributed by atoms with E-state index in [-0.39, 0.29) is 6.09 Å². The van der Waals surface area contributed by atoms with Crippen LogP contribution >= 0.6 is 0 Å². The molecule has 4 nitrogen and oxygen atoms in total. The van der Waals surface area contributed by atoms with Crippen LogP contribution in [-0.2, 0) is 4.74 Å². The number of carbonyl (C=O) groups is 1. The van der Waals surface area contributed by atoms with E-state index in [1.807, 2.05) is 27.8 Å². The summed E-state index contributed by atoms with van der Waals surface area (Å²) in [5, 5.41) is 3.65. The molecule has 21 heavy (non-hydrogen) atoms. The molecule has 1 aliphatic rings. The minimum Gasteiger partial charge on any atom is -0.444 e. The molecule has 0 aromatic heterocycles. The van der Waals surface area contributed by atoms with Crippen LogP contribution in [0, 0.1) is 0 Å². The van der Waals surface area contributed by atoms with Crippen molar-refractivity contribution in [1.29, 1.82) is 0 Å². The first-order valence-corrected chi connectivity index (χ1v) is 8.52. The van der Waals surface area contributed by atoms with Gasteiger partial charge in [-0.15, -0.1) is 0 Å². The quantitative estimate of drug-likeness (QED) is 0.755. The van der Waals surface area contributed by atoms with Gasteiger partial charge in [0.15, 0.2) is 0 Å². The topological polar surface area (TPSA) is 41.6 Å². The zero-order chi connectivity index (χ0) is 15.9. The lowest BCUT2D eigenvalue weighted by molar-refractivity contribution is 0.0179. The fourth-order valence-corrected chi connectivity index (χ4v) is 2.83. The summed E-state index contributed by atoms with van der Waals surface area (Å²) in [6.07, 6.45) is 8.12. The Balaban J connectivity index is 2.27. The second kappa shape index (κ2) is 8.62. The lowest BCUT2D eigenvalue weighted by atomic mass is 9.90. The molecule has 0 saturated heterocycles. The molecule has 1 N–H and O–H groups in total. The number of carbonyl (C=O) groups excluding carboxylic acids is 1. The first-order chi connectivity index (χ1) is 9.83. The summed E-state index contributed by atoms with van der Waals surface area (Å²) in [4.78, 5) is 13.9. The summed E-state index contributed by atoms with van der Waals surface area (Å²) < 4.78 is 5.44. The molecule has 0 radical (unpaired) electrons. The van der Waals surface area contributed by atoms with Gasteiger partial charge in [0, 0.05) is 19.1 Å². The van der Waals surface area contributed by atoms with Crippen LogP contribution < -0.4 is 5.32 Å². The number of nitrogens with one attached hydrogen (secondary N) is 1. The standard InChI is InChI=1S/C17H34N2O2/c1-6-7-8-13-18-14-9-11-15(12-10-14)19(5)16(20)21-17(2,3)4/h14-15,18H,6-13H2,1-5H3. The first kappa shape index (κ1) is 18.3. The van der Waals surface area contributed by atoms with E-state index in [2.05, 4.69) is 12.2 Å². The number of ether oxygens (including phenoxy) is 1. The SMILES string of the molecule is CCCCCNC1CCC(N(C)C(=O)OC(C)(C)C)CC1. The molecule has 0 unspecified atom stereocenters. The minimum atomic E-state index is -0.413. The highest BCUT2D eigenvalue weighted by Crippen LogP contribution is 2.23. The summed E-state index contributed by atoms with van der Waals surface area (Å²) >= 11 is 0. The monoisotopic (exact) mass is 298 g/mol. The van der Waals surface area contributed by atoms with Gasteiger partial charge < -0.3 is 15.0 Å². The molecule has 0 spiro atoms. The first-order valence-electron chi connectivity index (χ1n) is 8.52. The van der Waals surface area contributed by atoms with Crippen molar-refractivity contribution in [2.75, 3.05) is 13.6 Å². The highest BCUT2D eigenvalue weighted by molar-refractivity contribution is 5.68. The Morgan fingerprint density at radius 3 is 2.33 bits per heavy atom. The van der Waals surface area contributed by atoms with Crippen molar-refractivity contribution in [1.82, 2.24) is 10.2 Å². The lowest BCUT2D eigenvalue weighted by Crippen LogP contribution is -2.45.